The average Bonchev–Trinajstić information content (AvgIpc) is 3.19. The van der Waals surface area contributed by atoms with Gasteiger partial charge in [0.1, 0.15) is 10.8 Å². The topological polar surface area (TPSA) is 75.0 Å². The number of carbonyl (C=O) groups is 1. The van der Waals surface area contributed by atoms with Crippen LogP contribution < -0.4 is 10.2 Å². The third kappa shape index (κ3) is 4.17. The highest BCUT2D eigenvalue weighted by molar-refractivity contribution is 6.29. The summed E-state index contributed by atoms with van der Waals surface area (Å²) >= 11 is 5.98. The number of hydrogen-bond acceptors (Lipinski definition) is 6. The Morgan fingerprint density at radius 2 is 1.79 bits per heavy atom. The summed E-state index contributed by atoms with van der Waals surface area (Å²) in [6, 6.07) is 7.54. The molecule has 14 heteroatoms. The molecule has 2 aromatic heterocycles. The summed E-state index contributed by atoms with van der Waals surface area (Å²) in [4.78, 5) is 21.2. The molecule has 1 N–H and O–H groups in total. The lowest BCUT2D eigenvalue weighted by molar-refractivity contribution is -0.181. The Morgan fingerprint density at radius 1 is 1.12 bits per heavy atom. The van der Waals surface area contributed by atoms with Crippen LogP contribution in [0.4, 0.5) is 33.3 Å². The third-order valence-electron chi connectivity index (χ3n) is 9.91. The fourth-order valence-corrected chi connectivity index (χ4v) is 7.10. The molecule has 0 bridgehead atoms. The first-order chi connectivity index (χ1) is 20.3. The van der Waals surface area contributed by atoms with E-state index in [4.69, 9.17) is 16.3 Å². The number of halogens is 6. The van der Waals surface area contributed by atoms with Crippen molar-refractivity contribution in [3.8, 4) is 0 Å². The number of nitrogens with one attached hydrogen (secondary N) is 1. The fraction of sp³-hybridized carbons (Fsp3) is 0.552. The molecular weight excluding hydrogens is 595 g/mol. The molecule has 0 radical (unpaired) electrons. The normalized spacial score (nSPS) is 29.5. The van der Waals surface area contributed by atoms with E-state index in [1.54, 1.807) is 0 Å². The van der Waals surface area contributed by atoms with E-state index in [0.717, 1.165) is 24.5 Å². The zero-order chi connectivity index (χ0) is 30.5. The van der Waals surface area contributed by atoms with Gasteiger partial charge in [-0.1, -0.05) is 23.7 Å². The summed E-state index contributed by atoms with van der Waals surface area (Å²) in [5, 5.41) is 6.92. The quantitative estimate of drug-likeness (QED) is 0.400. The first-order valence-electron chi connectivity index (χ1n) is 14.3. The summed E-state index contributed by atoms with van der Waals surface area (Å²) in [5.41, 5.74) is -3.34. The molecule has 43 heavy (non-hydrogen) atoms. The van der Waals surface area contributed by atoms with Crippen LogP contribution in [-0.4, -0.2) is 82.4 Å². The fourth-order valence-electron chi connectivity index (χ4n) is 6.92. The molecule has 1 amide bonds. The number of carbonyl (C=O) groups excluding carboxylic acids is 1. The van der Waals surface area contributed by atoms with E-state index in [2.05, 4.69) is 20.3 Å². The number of aromatic nitrogens is 3. The lowest BCUT2D eigenvalue weighted by atomic mass is 9.87. The SMILES string of the molecule is C[C@@]1(C(F)(F)F)CN(c2ccc([C@H]3C(F)(F)[C@]3(C)C(=O)NC3CCN(C4COC4)CC3)cc2)c2cnc3cc(Cl)nn3c21. The number of likely N-dealkylation sites (tertiary alicyclic amines) is 1. The van der Waals surface area contributed by atoms with E-state index in [0.29, 0.717) is 37.8 Å². The predicted molar refractivity (Wildman–Crippen MR) is 148 cm³/mol. The number of ether oxygens (including phenoxy) is 1. The molecule has 1 saturated carbocycles. The van der Waals surface area contributed by atoms with Gasteiger partial charge < -0.3 is 15.0 Å². The Hall–Kier alpha value is -3.03. The Kier molecular flexibility index (Phi) is 6.33. The minimum atomic E-state index is -4.63. The molecule has 5 heterocycles. The summed E-state index contributed by atoms with van der Waals surface area (Å²) in [5.74, 6) is -5.30. The van der Waals surface area contributed by atoms with Crippen molar-refractivity contribution >= 4 is 34.5 Å². The highest BCUT2D eigenvalue weighted by Crippen LogP contribution is 2.71. The molecule has 3 aliphatic heterocycles. The Labute approximate surface area is 249 Å². The maximum absolute atomic E-state index is 15.3. The number of anilines is 2. The molecular formula is C29H30ClF5N6O2. The maximum Gasteiger partial charge on any atom is 0.401 e. The molecule has 1 aliphatic carbocycles. The summed E-state index contributed by atoms with van der Waals surface area (Å²) in [7, 11) is 0. The van der Waals surface area contributed by atoms with Gasteiger partial charge in [0.15, 0.2) is 10.8 Å². The number of rotatable bonds is 5. The van der Waals surface area contributed by atoms with Crippen LogP contribution in [0.1, 0.15) is 43.9 Å². The second-order valence-electron chi connectivity index (χ2n) is 12.5. The highest BCUT2D eigenvalue weighted by atomic mass is 35.5. The van der Waals surface area contributed by atoms with Crippen molar-refractivity contribution in [3.05, 3.63) is 52.9 Å². The van der Waals surface area contributed by atoms with E-state index in [-0.39, 0.29) is 33.8 Å². The van der Waals surface area contributed by atoms with E-state index >= 15 is 8.78 Å². The Balaban J connectivity index is 1.11. The van der Waals surface area contributed by atoms with Crippen molar-refractivity contribution in [3.63, 3.8) is 0 Å². The number of hydrogen-bond donors (Lipinski definition) is 1. The number of alkyl halides is 5. The molecule has 0 spiro atoms. The first-order valence-corrected chi connectivity index (χ1v) is 14.6. The van der Waals surface area contributed by atoms with Crippen molar-refractivity contribution in [1.82, 2.24) is 24.8 Å². The lowest BCUT2D eigenvalue weighted by Crippen LogP contribution is -2.55. The number of piperidine rings is 1. The maximum atomic E-state index is 15.3. The summed E-state index contributed by atoms with van der Waals surface area (Å²) in [6.45, 7) is 4.86. The summed E-state index contributed by atoms with van der Waals surface area (Å²) in [6.07, 6.45) is -1.92. The second-order valence-corrected chi connectivity index (χ2v) is 12.9. The van der Waals surface area contributed by atoms with Gasteiger partial charge in [0.2, 0.25) is 5.91 Å². The van der Waals surface area contributed by atoms with Gasteiger partial charge >= 0.3 is 6.18 Å². The van der Waals surface area contributed by atoms with Crippen molar-refractivity contribution in [2.75, 3.05) is 37.7 Å². The zero-order valence-corrected chi connectivity index (χ0v) is 24.2. The van der Waals surface area contributed by atoms with Gasteiger partial charge in [-0.3, -0.25) is 9.69 Å². The van der Waals surface area contributed by atoms with E-state index in [1.807, 2.05) is 0 Å². The van der Waals surface area contributed by atoms with E-state index in [1.165, 1.54) is 48.4 Å². The molecule has 3 atom stereocenters. The zero-order valence-electron chi connectivity index (χ0n) is 23.5. The monoisotopic (exact) mass is 624 g/mol. The lowest BCUT2D eigenvalue weighted by Gasteiger charge is -2.41. The van der Waals surface area contributed by atoms with Crippen LogP contribution in [0.5, 0.6) is 0 Å². The Bertz CT molecular complexity index is 1590. The first kappa shape index (κ1) is 28.7. The molecule has 4 aliphatic rings. The molecule has 7 rings (SSSR count). The van der Waals surface area contributed by atoms with Crippen LogP contribution in [0.2, 0.25) is 5.15 Å². The van der Waals surface area contributed by atoms with Gasteiger partial charge in [-0.15, -0.1) is 0 Å². The van der Waals surface area contributed by atoms with Crippen LogP contribution in [0.15, 0.2) is 36.5 Å². The van der Waals surface area contributed by atoms with Crippen molar-refractivity contribution in [2.24, 2.45) is 5.41 Å². The highest BCUT2D eigenvalue weighted by Gasteiger charge is 2.82. The van der Waals surface area contributed by atoms with Crippen LogP contribution in [0.3, 0.4) is 0 Å². The van der Waals surface area contributed by atoms with Crippen LogP contribution in [-0.2, 0) is 14.9 Å². The third-order valence-corrected chi connectivity index (χ3v) is 10.1. The number of nitrogens with zero attached hydrogens (tertiary/aromatic N) is 5. The Morgan fingerprint density at radius 3 is 2.40 bits per heavy atom. The van der Waals surface area contributed by atoms with Gasteiger partial charge in [0.25, 0.3) is 5.92 Å². The largest absolute Gasteiger partial charge is 0.401 e. The molecule has 1 aromatic carbocycles. The van der Waals surface area contributed by atoms with Gasteiger partial charge in [0.05, 0.1) is 42.8 Å². The van der Waals surface area contributed by atoms with Crippen LogP contribution in [0.25, 0.3) is 5.65 Å². The second kappa shape index (κ2) is 9.48. The number of amides is 1. The molecule has 8 nitrogen and oxygen atoms in total. The van der Waals surface area contributed by atoms with Crippen molar-refractivity contribution in [2.45, 2.75) is 62.2 Å². The number of fused-ring (bicyclic) bond motifs is 3. The van der Waals surface area contributed by atoms with Crippen molar-refractivity contribution < 1.29 is 31.5 Å². The minimum Gasteiger partial charge on any atom is -0.378 e. The standard InChI is InChI=1S/C29H30ClF5N6O2/c1-26(29(33,34)35)15-40(20-12-36-22-11-21(30)38-41(22)24(20)26)18-5-3-16(4-6-18)23-27(2,28(23,31)32)25(42)37-17-7-9-39(10-8-17)19-13-43-14-19/h3-6,11-12,17,19,23H,7-10,13-15H2,1-2H3,(H,37,42)/t23-,26-,27+/m1/s1. The average molecular weight is 625 g/mol. The summed E-state index contributed by atoms with van der Waals surface area (Å²) < 4.78 is 80.3. The van der Waals surface area contributed by atoms with Crippen LogP contribution >= 0.6 is 11.6 Å². The minimum absolute atomic E-state index is 0.0138. The van der Waals surface area contributed by atoms with Gasteiger partial charge in [-0.05, 0) is 44.4 Å². The molecule has 3 fully saturated rings. The molecule has 230 valence electrons. The number of benzene rings is 1. The van der Waals surface area contributed by atoms with Crippen LogP contribution in [0, 0.1) is 5.41 Å². The molecule has 3 aromatic rings. The van der Waals surface area contributed by atoms with Crippen molar-refractivity contribution in [1.29, 1.82) is 0 Å². The smallest absolute Gasteiger partial charge is 0.378 e. The molecule has 0 unspecified atom stereocenters. The van der Waals surface area contributed by atoms with Gasteiger partial charge in [-0.25, -0.2) is 18.3 Å². The predicted octanol–water partition coefficient (Wildman–Crippen LogP) is 5.07. The van der Waals surface area contributed by atoms with E-state index < -0.39 is 41.3 Å². The molecule has 2 saturated heterocycles. The van der Waals surface area contributed by atoms with Gasteiger partial charge in [-0.2, -0.15) is 18.3 Å². The van der Waals surface area contributed by atoms with Gasteiger partial charge in [0, 0.05) is 37.4 Å². The van der Waals surface area contributed by atoms with E-state index in [9.17, 15) is 18.0 Å².